The number of amides is 1. The van der Waals surface area contributed by atoms with E-state index in [1.54, 1.807) is 0 Å². The van der Waals surface area contributed by atoms with Gasteiger partial charge in [0.05, 0.1) is 24.8 Å². The van der Waals surface area contributed by atoms with Gasteiger partial charge in [0.2, 0.25) is 5.91 Å². The number of nitrogens with zero attached hydrogens (tertiary/aromatic N) is 1. The molecule has 186 valence electrons. The van der Waals surface area contributed by atoms with Crippen LogP contribution in [0.4, 0.5) is 10.1 Å². The summed E-state index contributed by atoms with van der Waals surface area (Å²) >= 11 is 0. The molecule has 0 aromatic heterocycles. The third kappa shape index (κ3) is 6.51. The maximum atomic E-state index is 14.6. The Morgan fingerprint density at radius 2 is 1.71 bits per heavy atom. The molecule has 0 heterocycles. The molecule has 0 fully saturated rings. The van der Waals surface area contributed by atoms with Crippen molar-refractivity contribution >= 4 is 21.6 Å². The van der Waals surface area contributed by atoms with Crippen molar-refractivity contribution in [1.82, 2.24) is 5.32 Å². The van der Waals surface area contributed by atoms with Crippen LogP contribution in [0.3, 0.4) is 0 Å². The van der Waals surface area contributed by atoms with Crippen molar-refractivity contribution in [3.05, 3.63) is 83.7 Å². The topological polar surface area (TPSA) is 84.9 Å². The van der Waals surface area contributed by atoms with Gasteiger partial charge in [-0.3, -0.25) is 9.10 Å². The predicted molar refractivity (Wildman–Crippen MR) is 133 cm³/mol. The van der Waals surface area contributed by atoms with Crippen molar-refractivity contribution in [1.29, 1.82) is 0 Å². The number of para-hydroxylation sites is 1. The lowest BCUT2D eigenvalue weighted by Gasteiger charge is -2.25. The first kappa shape index (κ1) is 26.0. The minimum Gasteiger partial charge on any atom is -0.493 e. The van der Waals surface area contributed by atoms with E-state index in [-0.39, 0.29) is 16.3 Å². The van der Waals surface area contributed by atoms with E-state index in [0.717, 1.165) is 27.9 Å². The average molecular weight is 501 g/mol. The minimum atomic E-state index is -4.31. The number of methoxy groups -OCH3 is 2. The molecule has 0 bridgehead atoms. The van der Waals surface area contributed by atoms with Crippen LogP contribution in [0.2, 0.25) is 0 Å². The normalized spacial score (nSPS) is 11.1. The van der Waals surface area contributed by atoms with Crippen molar-refractivity contribution in [3.63, 3.8) is 0 Å². The zero-order valence-corrected chi connectivity index (χ0v) is 20.8. The number of rotatable bonds is 11. The third-order valence-electron chi connectivity index (χ3n) is 5.40. The number of hydrogen-bond acceptors (Lipinski definition) is 5. The minimum absolute atomic E-state index is 0.161. The van der Waals surface area contributed by atoms with Gasteiger partial charge < -0.3 is 14.8 Å². The second-order valence-electron chi connectivity index (χ2n) is 7.92. The molecule has 0 saturated carbocycles. The molecule has 7 nitrogen and oxygen atoms in total. The zero-order chi connectivity index (χ0) is 25.4. The smallest absolute Gasteiger partial charge is 0.265 e. The van der Waals surface area contributed by atoms with Gasteiger partial charge in [-0.1, -0.05) is 42.0 Å². The maximum Gasteiger partial charge on any atom is 0.265 e. The number of nitrogens with one attached hydrogen (secondary N) is 1. The molecule has 3 aromatic rings. The second kappa shape index (κ2) is 11.7. The SMILES string of the molecule is COc1ccc(S(=O)(=O)N(CC(=O)NCCCc2cccc(C)c2)c2ccccc2F)cc1OC. The average Bonchev–Trinajstić information content (AvgIpc) is 2.85. The highest BCUT2D eigenvalue weighted by atomic mass is 32.2. The van der Waals surface area contributed by atoms with Gasteiger partial charge in [0.15, 0.2) is 11.5 Å². The van der Waals surface area contributed by atoms with E-state index < -0.39 is 28.3 Å². The lowest BCUT2D eigenvalue weighted by molar-refractivity contribution is -0.119. The summed E-state index contributed by atoms with van der Waals surface area (Å²) in [6, 6.07) is 17.6. The largest absolute Gasteiger partial charge is 0.493 e. The van der Waals surface area contributed by atoms with E-state index in [0.29, 0.717) is 18.7 Å². The fourth-order valence-corrected chi connectivity index (χ4v) is 5.08. The van der Waals surface area contributed by atoms with E-state index in [1.807, 2.05) is 25.1 Å². The van der Waals surface area contributed by atoms with Crippen molar-refractivity contribution in [2.75, 3.05) is 31.6 Å². The Labute approximate surface area is 205 Å². The van der Waals surface area contributed by atoms with E-state index >= 15 is 0 Å². The molecule has 1 amide bonds. The summed E-state index contributed by atoms with van der Waals surface area (Å²) in [7, 11) is -1.50. The lowest BCUT2D eigenvalue weighted by atomic mass is 10.1. The Hall–Kier alpha value is -3.59. The molecule has 0 unspecified atom stereocenters. The lowest BCUT2D eigenvalue weighted by Crippen LogP contribution is -2.41. The van der Waals surface area contributed by atoms with Gasteiger partial charge in [0, 0.05) is 12.6 Å². The van der Waals surface area contributed by atoms with Gasteiger partial charge in [-0.05, 0) is 49.6 Å². The van der Waals surface area contributed by atoms with Crippen LogP contribution >= 0.6 is 0 Å². The highest BCUT2D eigenvalue weighted by Gasteiger charge is 2.30. The molecule has 35 heavy (non-hydrogen) atoms. The molecule has 1 N–H and O–H groups in total. The van der Waals surface area contributed by atoms with E-state index in [2.05, 4.69) is 11.4 Å². The molecular formula is C26H29FN2O5S. The molecule has 0 radical (unpaired) electrons. The van der Waals surface area contributed by atoms with Crippen LogP contribution in [0.5, 0.6) is 11.5 Å². The Balaban J connectivity index is 1.79. The molecule has 0 atom stereocenters. The van der Waals surface area contributed by atoms with Gasteiger partial charge in [-0.15, -0.1) is 0 Å². The summed E-state index contributed by atoms with van der Waals surface area (Å²) < 4.78 is 52.8. The van der Waals surface area contributed by atoms with Gasteiger partial charge in [0.25, 0.3) is 10.0 Å². The molecule has 3 aromatic carbocycles. The number of anilines is 1. The molecule has 0 spiro atoms. The van der Waals surface area contributed by atoms with Crippen molar-refractivity contribution < 1.29 is 27.1 Å². The highest BCUT2D eigenvalue weighted by molar-refractivity contribution is 7.92. The Morgan fingerprint density at radius 3 is 2.40 bits per heavy atom. The molecular weight excluding hydrogens is 471 g/mol. The number of sulfonamides is 1. The molecule has 0 aliphatic carbocycles. The number of benzene rings is 3. The number of halogens is 1. The fourth-order valence-electron chi connectivity index (χ4n) is 3.63. The number of hydrogen-bond donors (Lipinski definition) is 1. The van der Waals surface area contributed by atoms with Gasteiger partial charge >= 0.3 is 0 Å². The monoisotopic (exact) mass is 500 g/mol. The molecule has 0 aliphatic heterocycles. The summed E-state index contributed by atoms with van der Waals surface area (Å²) in [5, 5.41) is 2.74. The summed E-state index contributed by atoms with van der Waals surface area (Å²) in [6.07, 6.45) is 1.44. The fraction of sp³-hybridized carbons (Fsp3) is 0.269. The first-order valence-corrected chi connectivity index (χ1v) is 12.5. The number of ether oxygens (including phenoxy) is 2. The first-order valence-electron chi connectivity index (χ1n) is 11.1. The van der Waals surface area contributed by atoms with Crippen LogP contribution in [0.1, 0.15) is 17.5 Å². The number of carbonyl (C=O) groups is 1. The molecule has 3 rings (SSSR count). The summed E-state index contributed by atoms with van der Waals surface area (Å²) in [5.74, 6) is -0.761. The predicted octanol–water partition coefficient (Wildman–Crippen LogP) is 4.10. The Morgan fingerprint density at radius 1 is 0.971 bits per heavy atom. The maximum absolute atomic E-state index is 14.6. The van der Waals surface area contributed by atoms with Crippen LogP contribution < -0.4 is 19.1 Å². The third-order valence-corrected chi connectivity index (χ3v) is 7.15. The highest BCUT2D eigenvalue weighted by Crippen LogP contribution is 2.32. The van der Waals surface area contributed by atoms with Crippen LogP contribution in [-0.4, -0.2) is 41.6 Å². The van der Waals surface area contributed by atoms with Crippen molar-refractivity contribution in [3.8, 4) is 11.5 Å². The molecule has 0 aliphatic rings. The summed E-state index contributed by atoms with van der Waals surface area (Å²) in [5.41, 5.74) is 2.09. The second-order valence-corrected chi connectivity index (χ2v) is 9.78. The standard InChI is InChI=1S/C26H29FN2O5S/c1-19-8-6-9-20(16-19)10-7-15-28-26(30)18-29(23-12-5-4-11-22(23)27)35(31,32)21-13-14-24(33-2)25(17-21)34-3/h4-6,8-9,11-14,16-17H,7,10,15,18H2,1-3H3,(H,28,30). The quantitative estimate of drug-likeness (QED) is 0.401. The van der Waals surface area contributed by atoms with Crippen molar-refractivity contribution in [2.24, 2.45) is 0 Å². The summed E-state index contributed by atoms with van der Waals surface area (Å²) in [4.78, 5) is 12.6. The summed E-state index contributed by atoms with van der Waals surface area (Å²) in [6.45, 7) is 1.79. The van der Waals surface area contributed by atoms with E-state index in [9.17, 15) is 17.6 Å². The number of aryl methyl sites for hydroxylation is 2. The van der Waals surface area contributed by atoms with E-state index in [4.69, 9.17) is 9.47 Å². The molecule has 9 heteroatoms. The van der Waals surface area contributed by atoms with Gasteiger partial charge in [-0.25, -0.2) is 12.8 Å². The van der Waals surface area contributed by atoms with E-state index in [1.165, 1.54) is 50.6 Å². The molecule has 0 saturated heterocycles. The van der Waals surface area contributed by atoms with Crippen LogP contribution in [0.15, 0.2) is 71.6 Å². The van der Waals surface area contributed by atoms with Gasteiger partial charge in [-0.2, -0.15) is 0 Å². The van der Waals surface area contributed by atoms with Crippen molar-refractivity contribution in [2.45, 2.75) is 24.7 Å². The Bertz CT molecular complexity index is 1280. The Kier molecular flexibility index (Phi) is 8.70. The number of carbonyl (C=O) groups excluding carboxylic acids is 1. The van der Waals surface area contributed by atoms with Gasteiger partial charge in [0.1, 0.15) is 12.4 Å². The first-order chi connectivity index (χ1) is 16.8. The van der Waals surface area contributed by atoms with Crippen LogP contribution in [0.25, 0.3) is 0 Å². The van der Waals surface area contributed by atoms with Crippen LogP contribution in [0, 0.1) is 12.7 Å². The zero-order valence-electron chi connectivity index (χ0n) is 20.0. The van der Waals surface area contributed by atoms with Crippen LogP contribution in [-0.2, 0) is 21.2 Å².